The normalized spacial score (nSPS) is 11.7. The number of thiophene rings is 1. The van der Waals surface area contributed by atoms with Gasteiger partial charge < -0.3 is 0 Å². The molecule has 0 spiro atoms. The highest BCUT2D eigenvalue weighted by atomic mass is 32.1. The van der Waals surface area contributed by atoms with Crippen LogP contribution < -0.4 is 0 Å². The van der Waals surface area contributed by atoms with E-state index >= 15 is 0 Å². The number of aryl methyl sites for hydroxylation is 1. The van der Waals surface area contributed by atoms with Gasteiger partial charge in [-0.2, -0.15) is 0 Å². The maximum Gasteiger partial charge on any atom is 0.0355 e. The summed E-state index contributed by atoms with van der Waals surface area (Å²) in [5.74, 6) is 0. The Bertz CT molecular complexity index is 1860. The SMILES string of the molecule is Cc1ccc2c(-c3ccccc3)c3ccccc3c(-c3ccc4sc5ccccc5c4c3)c2c1. The molecule has 0 amide bonds. The number of hydrogen-bond acceptors (Lipinski definition) is 1. The predicted octanol–water partition coefficient (Wildman–Crippen LogP) is 10.0. The van der Waals surface area contributed by atoms with Gasteiger partial charge in [0.05, 0.1) is 0 Å². The summed E-state index contributed by atoms with van der Waals surface area (Å²) in [5, 5.41) is 7.91. The molecule has 0 unspecified atom stereocenters. The van der Waals surface area contributed by atoms with Crippen LogP contribution in [0, 0.1) is 6.92 Å². The Morgan fingerprint density at radius 3 is 1.82 bits per heavy atom. The molecule has 0 saturated carbocycles. The molecule has 0 aliphatic carbocycles. The van der Waals surface area contributed by atoms with E-state index in [4.69, 9.17) is 0 Å². The van der Waals surface area contributed by atoms with Gasteiger partial charge in [0.1, 0.15) is 0 Å². The van der Waals surface area contributed by atoms with Gasteiger partial charge in [0.15, 0.2) is 0 Å². The van der Waals surface area contributed by atoms with E-state index in [1.807, 2.05) is 11.3 Å². The molecular formula is C33H22S. The van der Waals surface area contributed by atoms with Crippen molar-refractivity contribution < 1.29 is 0 Å². The van der Waals surface area contributed by atoms with E-state index in [9.17, 15) is 0 Å². The van der Waals surface area contributed by atoms with Gasteiger partial charge in [-0.05, 0) is 68.9 Å². The van der Waals surface area contributed by atoms with E-state index in [1.165, 1.54) is 69.5 Å². The van der Waals surface area contributed by atoms with E-state index in [0.29, 0.717) is 0 Å². The largest absolute Gasteiger partial charge is 0.135 e. The molecule has 0 atom stereocenters. The highest BCUT2D eigenvalue weighted by molar-refractivity contribution is 7.25. The molecule has 6 aromatic carbocycles. The van der Waals surface area contributed by atoms with Crippen molar-refractivity contribution in [1.82, 2.24) is 0 Å². The lowest BCUT2D eigenvalue weighted by Gasteiger charge is -2.18. The Morgan fingerprint density at radius 1 is 0.412 bits per heavy atom. The summed E-state index contributed by atoms with van der Waals surface area (Å²) < 4.78 is 2.69. The van der Waals surface area contributed by atoms with Gasteiger partial charge in [-0.25, -0.2) is 0 Å². The van der Waals surface area contributed by atoms with Crippen LogP contribution in [0.1, 0.15) is 5.56 Å². The van der Waals surface area contributed by atoms with Crippen LogP contribution in [0.4, 0.5) is 0 Å². The van der Waals surface area contributed by atoms with E-state index in [2.05, 4.69) is 122 Å². The average molecular weight is 451 g/mol. The minimum Gasteiger partial charge on any atom is -0.135 e. The van der Waals surface area contributed by atoms with E-state index in [1.54, 1.807) is 0 Å². The van der Waals surface area contributed by atoms with Crippen molar-refractivity contribution in [3.63, 3.8) is 0 Å². The summed E-state index contributed by atoms with van der Waals surface area (Å²) >= 11 is 1.87. The third-order valence-electron chi connectivity index (χ3n) is 6.91. The molecule has 0 fully saturated rings. The van der Waals surface area contributed by atoms with Crippen molar-refractivity contribution in [3.05, 3.63) is 121 Å². The molecule has 7 aromatic rings. The Balaban J connectivity index is 1.65. The molecule has 0 aliphatic rings. The van der Waals surface area contributed by atoms with E-state index in [0.717, 1.165) is 0 Å². The fourth-order valence-corrected chi connectivity index (χ4v) is 6.49. The summed E-state index contributed by atoms with van der Waals surface area (Å²) in [6, 6.07) is 42.4. The molecule has 0 nitrogen and oxygen atoms in total. The van der Waals surface area contributed by atoms with Gasteiger partial charge in [-0.15, -0.1) is 11.3 Å². The highest BCUT2D eigenvalue weighted by Crippen LogP contribution is 2.45. The Kier molecular flexibility index (Phi) is 4.33. The molecule has 0 aliphatic heterocycles. The van der Waals surface area contributed by atoms with E-state index < -0.39 is 0 Å². The van der Waals surface area contributed by atoms with Gasteiger partial charge in [-0.3, -0.25) is 0 Å². The van der Waals surface area contributed by atoms with Gasteiger partial charge >= 0.3 is 0 Å². The number of rotatable bonds is 2. The molecule has 160 valence electrons. The van der Waals surface area contributed by atoms with Crippen molar-refractivity contribution in [1.29, 1.82) is 0 Å². The van der Waals surface area contributed by atoms with Crippen LogP contribution in [0.3, 0.4) is 0 Å². The van der Waals surface area contributed by atoms with Gasteiger partial charge in [-0.1, -0.05) is 103 Å². The Labute approximate surface area is 202 Å². The molecular weight excluding hydrogens is 428 g/mol. The van der Waals surface area contributed by atoms with Crippen LogP contribution >= 0.6 is 11.3 Å². The topological polar surface area (TPSA) is 0 Å². The molecule has 0 bridgehead atoms. The van der Waals surface area contributed by atoms with Gasteiger partial charge in [0, 0.05) is 20.2 Å². The lowest BCUT2D eigenvalue weighted by atomic mass is 9.85. The van der Waals surface area contributed by atoms with Crippen molar-refractivity contribution in [3.8, 4) is 22.3 Å². The number of fused-ring (bicyclic) bond motifs is 5. The predicted molar refractivity (Wildman–Crippen MR) is 150 cm³/mol. The van der Waals surface area contributed by atoms with Crippen LogP contribution in [-0.2, 0) is 0 Å². The maximum atomic E-state index is 2.40. The minimum absolute atomic E-state index is 1.26. The first kappa shape index (κ1) is 19.5. The molecule has 0 radical (unpaired) electrons. The second-order valence-corrected chi connectivity index (χ2v) is 10.1. The van der Waals surface area contributed by atoms with Crippen LogP contribution in [0.15, 0.2) is 115 Å². The van der Waals surface area contributed by atoms with Crippen LogP contribution in [0.5, 0.6) is 0 Å². The summed E-state index contributed by atoms with van der Waals surface area (Å²) in [4.78, 5) is 0. The lowest BCUT2D eigenvalue weighted by molar-refractivity contribution is 1.51. The first-order valence-corrected chi connectivity index (χ1v) is 12.5. The van der Waals surface area contributed by atoms with Crippen molar-refractivity contribution >= 4 is 53.1 Å². The highest BCUT2D eigenvalue weighted by Gasteiger charge is 2.17. The van der Waals surface area contributed by atoms with E-state index in [-0.39, 0.29) is 0 Å². The first-order chi connectivity index (χ1) is 16.8. The number of hydrogen-bond donors (Lipinski definition) is 0. The van der Waals surface area contributed by atoms with Crippen molar-refractivity contribution in [2.75, 3.05) is 0 Å². The Morgan fingerprint density at radius 2 is 1.03 bits per heavy atom. The molecule has 1 aromatic heterocycles. The molecule has 7 rings (SSSR count). The average Bonchev–Trinajstić information content (AvgIpc) is 3.25. The fourth-order valence-electron chi connectivity index (χ4n) is 5.40. The molecule has 34 heavy (non-hydrogen) atoms. The third kappa shape index (κ3) is 2.91. The fraction of sp³-hybridized carbons (Fsp3) is 0.0303. The second kappa shape index (κ2) is 7.55. The second-order valence-electron chi connectivity index (χ2n) is 9.02. The Hall–Kier alpha value is -3.94. The van der Waals surface area contributed by atoms with Crippen LogP contribution in [0.2, 0.25) is 0 Å². The summed E-state index contributed by atoms with van der Waals surface area (Å²) in [6.07, 6.45) is 0. The first-order valence-electron chi connectivity index (χ1n) is 11.7. The molecule has 1 heterocycles. The smallest absolute Gasteiger partial charge is 0.0355 e. The summed E-state index contributed by atoms with van der Waals surface area (Å²) in [5.41, 5.74) is 6.47. The minimum atomic E-state index is 1.26. The van der Waals surface area contributed by atoms with Crippen molar-refractivity contribution in [2.45, 2.75) is 6.92 Å². The molecule has 0 saturated heterocycles. The zero-order chi connectivity index (χ0) is 22.6. The lowest BCUT2D eigenvalue weighted by Crippen LogP contribution is -1.91. The quantitative estimate of drug-likeness (QED) is 0.230. The summed E-state index contributed by atoms with van der Waals surface area (Å²) in [6.45, 7) is 2.19. The van der Waals surface area contributed by atoms with Crippen LogP contribution in [-0.4, -0.2) is 0 Å². The summed E-state index contributed by atoms with van der Waals surface area (Å²) in [7, 11) is 0. The maximum absolute atomic E-state index is 2.40. The number of benzene rings is 6. The third-order valence-corrected chi connectivity index (χ3v) is 8.06. The van der Waals surface area contributed by atoms with Crippen molar-refractivity contribution in [2.24, 2.45) is 0 Å². The monoisotopic (exact) mass is 450 g/mol. The van der Waals surface area contributed by atoms with Gasteiger partial charge in [0.2, 0.25) is 0 Å². The van der Waals surface area contributed by atoms with Crippen LogP contribution in [0.25, 0.3) is 64.0 Å². The zero-order valence-electron chi connectivity index (χ0n) is 18.9. The van der Waals surface area contributed by atoms with Gasteiger partial charge in [0.25, 0.3) is 0 Å². The molecule has 1 heteroatoms. The molecule has 0 N–H and O–H groups in total. The standard InChI is InChI=1S/C33H22S/c1-21-15-17-27-29(19-21)33(23-16-18-31-28(20-23)24-11-7-8-14-30(24)34-31)26-13-6-5-12-25(26)32(27)22-9-3-2-4-10-22/h2-20H,1H3. The zero-order valence-corrected chi connectivity index (χ0v) is 19.7.